The average Bonchev–Trinajstić information content (AvgIpc) is 2.52. The van der Waals surface area contributed by atoms with Crippen LogP contribution < -0.4 is 5.32 Å². The molecule has 0 amide bonds. The lowest BCUT2D eigenvalue weighted by Gasteiger charge is -2.06. The maximum Gasteiger partial charge on any atom is 0.305 e. The zero-order valence-electron chi connectivity index (χ0n) is 10.8. The van der Waals surface area contributed by atoms with E-state index in [0.29, 0.717) is 17.9 Å². The SMILES string of the molecule is N#Cc1ccc(CNc2ccc([N+](=O)[O-])c(C#N)n2)cc1. The molecule has 2 aromatic rings. The summed E-state index contributed by atoms with van der Waals surface area (Å²) in [7, 11) is 0. The molecule has 1 aromatic heterocycles. The van der Waals surface area contributed by atoms with Gasteiger partial charge in [0, 0.05) is 12.6 Å². The van der Waals surface area contributed by atoms with Gasteiger partial charge in [-0.25, -0.2) is 4.98 Å². The van der Waals surface area contributed by atoms with Gasteiger partial charge in [0.15, 0.2) is 0 Å². The summed E-state index contributed by atoms with van der Waals surface area (Å²) in [5.41, 5.74) is 0.942. The Balaban J connectivity index is 2.11. The van der Waals surface area contributed by atoms with E-state index in [1.54, 1.807) is 30.3 Å². The Morgan fingerprint density at radius 3 is 2.43 bits per heavy atom. The van der Waals surface area contributed by atoms with Gasteiger partial charge in [-0.3, -0.25) is 10.1 Å². The Labute approximate surface area is 120 Å². The van der Waals surface area contributed by atoms with E-state index in [0.717, 1.165) is 5.56 Å². The standard InChI is InChI=1S/C14H9N5O2/c15-7-10-1-3-11(4-2-10)9-17-14-6-5-13(19(20)21)12(8-16)18-14/h1-6H,9H2,(H,17,18). The van der Waals surface area contributed by atoms with Crippen LogP contribution in [0.1, 0.15) is 16.8 Å². The second-order valence-electron chi connectivity index (χ2n) is 4.10. The molecule has 7 heteroatoms. The summed E-state index contributed by atoms with van der Waals surface area (Å²) < 4.78 is 0. The first-order chi connectivity index (χ1) is 10.1. The van der Waals surface area contributed by atoms with Crippen LogP contribution in [0.2, 0.25) is 0 Å². The van der Waals surface area contributed by atoms with E-state index < -0.39 is 4.92 Å². The van der Waals surface area contributed by atoms with E-state index in [2.05, 4.69) is 10.3 Å². The van der Waals surface area contributed by atoms with Gasteiger partial charge >= 0.3 is 5.69 Å². The minimum absolute atomic E-state index is 0.232. The van der Waals surface area contributed by atoms with Crippen LogP contribution in [-0.2, 0) is 6.54 Å². The predicted octanol–water partition coefficient (Wildman–Crippen LogP) is 2.35. The highest BCUT2D eigenvalue weighted by molar-refractivity contribution is 5.50. The second kappa shape index (κ2) is 6.13. The van der Waals surface area contributed by atoms with Gasteiger partial charge < -0.3 is 5.32 Å². The molecule has 1 N–H and O–H groups in total. The molecule has 0 saturated heterocycles. The smallest absolute Gasteiger partial charge is 0.305 e. The van der Waals surface area contributed by atoms with Gasteiger partial charge in [0.2, 0.25) is 5.69 Å². The number of anilines is 1. The van der Waals surface area contributed by atoms with Crippen LogP contribution in [0.15, 0.2) is 36.4 Å². The number of benzene rings is 1. The highest BCUT2D eigenvalue weighted by Gasteiger charge is 2.15. The van der Waals surface area contributed by atoms with Crippen molar-refractivity contribution in [2.75, 3.05) is 5.32 Å². The van der Waals surface area contributed by atoms with E-state index in [4.69, 9.17) is 10.5 Å². The van der Waals surface area contributed by atoms with E-state index >= 15 is 0 Å². The fourth-order valence-corrected chi connectivity index (χ4v) is 1.67. The fraction of sp³-hybridized carbons (Fsp3) is 0.0714. The number of nitrogens with zero attached hydrogens (tertiary/aromatic N) is 4. The molecule has 1 aromatic carbocycles. The molecule has 0 fully saturated rings. The predicted molar refractivity (Wildman–Crippen MR) is 74.1 cm³/mol. The lowest BCUT2D eigenvalue weighted by Crippen LogP contribution is -2.03. The van der Waals surface area contributed by atoms with Crippen LogP contribution in [0.25, 0.3) is 0 Å². The molecule has 21 heavy (non-hydrogen) atoms. The lowest BCUT2D eigenvalue weighted by molar-refractivity contribution is -0.385. The van der Waals surface area contributed by atoms with Crippen LogP contribution in [0.4, 0.5) is 11.5 Å². The van der Waals surface area contributed by atoms with Gasteiger partial charge in [-0.2, -0.15) is 10.5 Å². The van der Waals surface area contributed by atoms with Crippen LogP contribution in [-0.4, -0.2) is 9.91 Å². The summed E-state index contributed by atoms with van der Waals surface area (Å²) in [6.45, 7) is 0.432. The Morgan fingerprint density at radius 2 is 1.86 bits per heavy atom. The van der Waals surface area contributed by atoms with Crippen molar-refractivity contribution in [3.63, 3.8) is 0 Å². The number of nitro groups is 1. The van der Waals surface area contributed by atoms with Crippen molar-refractivity contribution < 1.29 is 4.92 Å². The number of hydrogen-bond acceptors (Lipinski definition) is 6. The fourth-order valence-electron chi connectivity index (χ4n) is 1.67. The minimum Gasteiger partial charge on any atom is -0.366 e. The van der Waals surface area contributed by atoms with Crippen LogP contribution in [0, 0.1) is 32.8 Å². The molecule has 0 aliphatic carbocycles. The number of pyridine rings is 1. The van der Waals surface area contributed by atoms with Gasteiger partial charge in [0.05, 0.1) is 16.6 Å². The van der Waals surface area contributed by atoms with Crippen molar-refractivity contribution in [3.8, 4) is 12.1 Å². The first-order valence-corrected chi connectivity index (χ1v) is 5.92. The molecule has 0 saturated carbocycles. The first-order valence-electron chi connectivity index (χ1n) is 5.92. The number of nitrogens with one attached hydrogen (secondary N) is 1. The zero-order chi connectivity index (χ0) is 15.2. The van der Waals surface area contributed by atoms with Gasteiger partial charge in [0.1, 0.15) is 11.9 Å². The normalized spacial score (nSPS) is 9.43. The quantitative estimate of drug-likeness (QED) is 0.678. The Hall–Kier alpha value is -3.45. The molecule has 0 bridgehead atoms. The van der Waals surface area contributed by atoms with Crippen molar-refractivity contribution in [2.24, 2.45) is 0 Å². The van der Waals surface area contributed by atoms with Crippen molar-refractivity contribution in [3.05, 3.63) is 63.3 Å². The Kier molecular flexibility index (Phi) is 4.08. The summed E-state index contributed by atoms with van der Waals surface area (Å²) >= 11 is 0. The topological polar surface area (TPSA) is 116 Å². The maximum atomic E-state index is 10.7. The Morgan fingerprint density at radius 1 is 1.14 bits per heavy atom. The van der Waals surface area contributed by atoms with Crippen molar-refractivity contribution in [2.45, 2.75) is 6.54 Å². The summed E-state index contributed by atoms with van der Waals surface area (Å²) in [5, 5.41) is 31.2. The number of nitriles is 2. The summed E-state index contributed by atoms with van der Waals surface area (Å²) in [6, 6.07) is 13.4. The Bertz CT molecular complexity index is 756. The molecule has 7 nitrogen and oxygen atoms in total. The second-order valence-corrected chi connectivity index (χ2v) is 4.10. The third kappa shape index (κ3) is 3.31. The molecule has 0 aliphatic heterocycles. The summed E-state index contributed by atoms with van der Waals surface area (Å²) in [6.07, 6.45) is 0. The summed E-state index contributed by atoms with van der Waals surface area (Å²) in [4.78, 5) is 14.0. The molecule has 0 spiro atoms. The van der Waals surface area contributed by atoms with Crippen LogP contribution in [0.3, 0.4) is 0 Å². The van der Waals surface area contributed by atoms with Crippen molar-refractivity contribution in [1.29, 1.82) is 10.5 Å². The molecule has 2 rings (SSSR count). The lowest BCUT2D eigenvalue weighted by atomic mass is 10.1. The zero-order valence-corrected chi connectivity index (χ0v) is 10.8. The minimum atomic E-state index is -0.643. The highest BCUT2D eigenvalue weighted by Crippen LogP contribution is 2.18. The van der Waals surface area contributed by atoms with Gasteiger partial charge in [-0.15, -0.1) is 0 Å². The van der Waals surface area contributed by atoms with Crippen LogP contribution >= 0.6 is 0 Å². The highest BCUT2D eigenvalue weighted by atomic mass is 16.6. The maximum absolute atomic E-state index is 10.7. The molecule has 0 unspecified atom stereocenters. The number of rotatable bonds is 4. The average molecular weight is 279 g/mol. The molecule has 0 radical (unpaired) electrons. The van der Waals surface area contributed by atoms with Gasteiger partial charge in [0.25, 0.3) is 0 Å². The van der Waals surface area contributed by atoms with E-state index in [1.807, 2.05) is 6.07 Å². The molecule has 102 valence electrons. The van der Waals surface area contributed by atoms with E-state index in [9.17, 15) is 10.1 Å². The molecular formula is C14H9N5O2. The van der Waals surface area contributed by atoms with E-state index in [1.165, 1.54) is 12.1 Å². The van der Waals surface area contributed by atoms with Crippen molar-refractivity contribution >= 4 is 11.5 Å². The van der Waals surface area contributed by atoms with Gasteiger partial charge in [-0.1, -0.05) is 12.1 Å². The van der Waals surface area contributed by atoms with Crippen LogP contribution in [0.5, 0.6) is 0 Å². The monoisotopic (exact) mass is 279 g/mol. The first kappa shape index (κ1) is 14.0. The third-order valence-electron chi connectivity index (χ3n) is 2.73. The molecule has 0 atom stereocenters. The largest absolute Gasteiger partial charge is 0.366 e. The van der Waals surface area contributed by atoms with Gasteiger partial charge in [-0.05, 0) is 23.8 Å². The van der Waals surface area contributed by atoms with Crippen molar-refractivity contribution in [1.82, 2.24) is 4.98 Å². The number of hydrogen-bond donors (Lipinski definition) is 1. The van der Waals surface area contributed by atoms with E-state index in [-0.39, 0.29) is 11.4 Å². The number of aromatic nitrogens is 1. The molecule has 0 aliphatic rings. The molecule has 1 heterocycles. The molecular weight excluding hydrogens is 270 g/mol. The third-order valence-corrected chi connectivity index (χ3v) is 2.73. The summed E-state index contributed by atoms with van der Waals surface area (Å²) in [5.74, 6) is 0.376.